The van der Waals surface area contributed by atoms with Gasteiger partial charge in [0.25, 0.3) is 0 Å². The maximum absolute atomic E-state index is 8.06. The van der Waals surface area contributed by atoms with E-state index in [1.165, 1.54) is 0 Å². The largest absolute Gasteiger partial charge is 0.397 e. The molecule has 0 aromatic carbocycles. The Kier molecular flexibility index (Phi) is 42.9. The molecule has 0 fully saturated rings. The highest BCUT2D eigenvalue weighted by Gasteiger charge is 1.69. The van der Waals surface area contributed by atoms with Gasteiger partial charge in [0.15, 0.2) is 0 Å². The Morgan fingerprint density at radius 3 is 0.917 bits per heavy atom. The fourth-order valence-corrected chi connectivity index (χ4v) is 0. The molecule has 0 atom stereocenters. The highest BCUT2D eigenvalue weighted by Crippen LogP contribution is 1.65. The number of hydrogen-bond acceptors (Lipinski definition) is 3. The van der Waals surface area contributed by atoms with E-state index in [0.29, 0.717) is 0 Å². The van der Waals surface area contributed by atoms with Crippen LogP contribution in [0.5, 0.6) is 0 Å². The average molecular weight is 193 g/mol. The minimum absolute atomic E-state index is 0. The number of aliphatic hydroxyl groups is 3. The van der Waals surface area contributed by atoms with Crippen molar-refractivity contribution in [3.05, 3.63) is 0 Å². The summed E-state index contributed by atoms with van der Waals surface area (Å²) in [5, 5.41) is 23.7. The topological polar surface area (TPSA) is 60.7 Å². The molecule has 4 heteroatoms. The van der Waals surface area contributed by atoms with E-state index in [1.807, 2.05) is 0 Å². The van der Waals surface area contributed by atoms with Crippen molar-refractivity contribution in [3.8, 4) is 0 Å². The minimum Gasteiger partial charge on any atom is -0.397 e. The van der Waals surface area contributed by atoms with Crippen molar-refractivity contribution in [1.82, 2.24) is 0 Å². The first-order valence-corrected chi connectivity index (χ1v) is 3.85. The zero-order valence-corrected chi connectivity index (χ0v) is 9.94. The quantitative estimate of drug-likeness (QED) is 0.488. The molecule has 0 heterocycles. The van der Waals surface area contributed by atoms with Crippen LogP contribution in [0.3, 0.4) is 0 Å². The highest BCUT2D eigenvalue weighted by atomic mass is 27.0. The minimum atomic E-state index is -0.167. The summed E-state index contributed by atoms with van der Waals surface area (Å²) >= 11 is 0. The molecular formula is C8H22AlO3. The Labute approximate surface area is 86.6 Å². The van der Waals surface area contributed by atoms with E-state index in [2.05, 4.69) is 0 Å². The summed E-state index contributed by atoms with van der Waals surface area (Å²) in [7, 11) is 0. The van der Waals surface area contributed by atoms with Crippen LogP contribution < -0.4 is 0 Å². The van der Waals surface area contributed by atoms with Crippen LogP contribution in [0.4, 0.5) is 0 Å². The SMILES string of the molecule is CC(C)O.CC(C)O.CCO.[Al]. The normalized spacial score (nSPS) is 7.50. The van der Waals surface area contributed by atoms with Crippen LogP contribution in [0, 0.1) is 0 Å². The van der Waals surface area contributed by atoms with E-state index in [-0.39, 0.29) is 36.2 Å². The Balaban J connectivity index is -0.0000000389. The molecule has 0 amide bonds. The van der Waals surface area contributed by atoms with Crippen LogP contribution >= 0.6 is 0 Å². The van der Waals surface area contributed by atoms with Gasteiger partial charge in [0.2, 0.25) is 0 Å². The van der Waals surface area contributed by atoms with Gasteiger partial charge in [-0.2, -0.15) is 0 Å². The van der Waals surface area contributed by atoms with E-state index in [9.17, 15) is 0 Å². The summed E-state index contributed by atoms with van der Waals surface area (Å²) in [5.41, 5.74) is 0. The molecule has 12 heavy (non-hydrogen) atoms. The molecule has 3 nitrogen and oxygen atoms in total. The van der Waals surface area contributed by atoms with E-state index in [1.54, 1.807) is 34.6 Å². The smallest absolute Gasteiger partial charge is 0.0483 e. The molecule has 3 radical (unpaired) electrons. The maximum atomic E-state index is 8.06. The van der Waals surface area contributed by atoms with Gasteiger partial charge < -0.3 is 15.3 Å². The molecule has 0 aliphatic heterocycles. The van der Waals surface area contributed by atoms with Gasteiger partial charge in [0, 0.05) is 36.2 Å². The first kappa shape index (κ1) is 22.8. The van der Waals surface area contributed by atoms with E-state index >= 15 is 0 Å². The van der Waals surface area contributed by atoms with Gasteiger partial charge in [-0.05, 0) is 34.6 Å². The lowest BCUT2D eigenvalue weighted by atomic mass is 10.5. The summed E-state index contributed by atoms with van der Waals surface area (Å²) < 4.78 is 0. The van der Waals surface area contributed by atoms with E-state index in [0.717, 1.165) is 0 Å². The maximum Gasteiger partial charge on any atom is 0.0483 e. The van der Waals surface area contributed by atoms with Crippen LogP contribution in [0.25, 0.3) is 0 Å². The molecule has 0 aromatic rings. The van der Waals surface area contributed by atoms with Crippen LogP contribution in [0.15, 0.2) is 0 Å². The first-order chi connectivity index (χ1) is 4.88. The zero-order chi connectivity index (χ0) is 9.86. The molecule has 0 saturated carbocycles. The van der Waals surface area contributed by atoms with Gasteiger partial charge in [-0.25, -0.2) is 0 Å². The third-order valence-electron chi connectivity index (χ3n) is 0. The monoisotopic (exact) mass is 193 g/mol. The van der Waals surface area contributed by atoms with Crippen LogP contribution in [0.2, 0.25) is 0 Å². The van der Waals surface area contributed by atoms with Crippen molar-refractivity contribution in [1.29, 1.82) is 0 Å². The van der Waals surface area contributed by atoms with Gasteiger partial charge in [-0.15, -0.1) is 0 Å². The number of rotatable bonds is 0. The van der Waals surface area contributed by atoms with Crippen molar-refractivity contribution in [2.45, 2.75) is 46.8 Å². The van der Waals surface area contributed by atoms with Crippen LogP contribution in [-0.4, -0.2) is 51.5 Å². The summed E-state index contributed by atoms with van der Waals surface area (Å²) in [6.07, 6.45) is -0.333. The van der Waals surface area contributed by atoms with Crippen LogP contribution in [-0.2, 0) is 0 Å². The fraction of sp³-hybridized carbons (Fsp3) is 1.00. The average Bonchev–Trinajstić information content (AvgIpc) is 1.60. The summed E-state index contributed by atoms with van der Waals surface area (Å²) in [5.74, 6) is 0. The molecule has 0 aromatic heterocycles. The predicted octanol–water partition coefficient (Wildman–Crippen LogP) is 0.392. The van der Waals surface area contributed by atoms with Crippen molar-refractivity contribution in [3.63, 3.8) is 0 Å². The van der Waals surface area contributed by atoms with Crippen molar-refractivity contribution in [2.75, 3.05) is 6.61 Å². The van der Waals surface area contributed by atoms with Gasteiger partial charge in [-0.3, -0.25) is 0 Å². The second-order valence-electron chi connectivity index (χ2n) is 2.50. The Bertz CT molecular complexity index is 38.1. The molecule has 0 bridgehead atoms. The molecule has 0 saturated heterocycles. The van der Waals surface area contributed by atoms with E-state index < -0.39 is 0 Å². The van der Waals surface area contributed by atoms with Gasteiger partial charge in [0.05, 0.1) is 0 Å². The second kappa shape index (κ2) is 22.5. The second-order valence-corrected chi connectivity index (χ2v) is 2.50. The highest BCUT2D eigenvalue weighted by molar-refractivity contribution is 5.75. The lowest BCUT2D eigenvalue weighted by molar-refractivity contribution is 0.215. The van der Waals surface area contributed by atoms with Crippen molar-refractivity contribution >= 4 is 17.4 Å². The molecule has 0 aliphatic rings. The Morgan fingerprint density at radius 2 is 0.917 bits per heavy atom. The van der Waals surface area contributed by atoms with Crippen molar-refractivity contribution < 1.29 is 15.3 Å². The number of hydrogen-bond donors (Lipinski definition) is 3. The fourth-order valence-electron chi connectivity index (χ4n) is 0. The first-order valence-electron chi connectivity index (χ1n) is 3.85. The lowest BCUT2D eigenvalue weighted by Gasteiger charge is -1.80. The molecule has 3 N–H and O–H groups in total. The molecule has 75 valence electrons. The molecule has 0 aliphatic carbocycles. The van der Waals surface area contributed by atoms with E-state index in [4.69, 9.17) is 15.3 Å². The lowest BCUT2D eigenvalue weighted by Crippen LogP contribution is -1.85. The van der Waals surface area contributed by atoms with Gasteiger partial charge >= 0.3 is 0 Å². The molecule has 0 rings (SSSR count). The Morgan fingerprint density at radius 1 is 0.917 bits per heavy atom. The summed E-state index contributed by atoms with van der Waals surface area (Å²) in [6.45, 7) is 8.82. The number of aliphatic hydroxyl groups excluding tert-OH is 3. The van der Waals surface area contributed by atoms with Gasteiger partial charge in [-0.1, -0.05) is 0 Å². The molecular weight excluding hydrogens is 171 g/mol. The zero-order valence-electron chi connectivity index (χ0n) is 8.78. The Hall–Kier alpha value is 0.412. The van der Waals surface area contributed by atoms with Gasteiger partial charge in [0.1, 0.15) is 0 Å². The summed E-state index contributed by atoms with van der Waals surface area (Å²) in [6, 6.07) is 0. The van der Waals surface area contributed by atoms with Crippen LogP contribution in [0.1, 0.15) is 34.6 Å². The molecule has 0 spiro atoms. The van der Waals surface area contributed by atoms with Crippen molar-refractivity contribution in [2.24, 2.45) is 0 Å². The summed E-state index contributed by atoms with van der Waals surface area (Å²) in [4.78, 5) is 0. The molecule has 0 unspecified atom stereocenters. The predicted molar refractivity (Wildman–Crippen MR) is 53.2 cm³/mol. The standard InChI is InChI=1S/2C3H8O.C2H6O.Al/c2*1-3(2)4;1-2-3;/h2*3-4H,1-2H3;3H,2H2,1H3;. The third kappa shape index (κ3) is 5420. The third-order valence-corrected chi connectivity index (χ3v) is 0.